The van der Waals surface area contributed by atoms with E-state index >= 15 is 0 Å². The normalized spacial score (nSPS) is 13.9. The number of aromatic amines is 2. The highest BCUT2D eigenvalue weighted by Gasteiger charge is 2.26. The van der Waals surface area contributed by atoms with Gasteiger partial charge in [0.05, 0.1) is 16.7 Å². The Hall–Kier alpha value is -3.61. The van der Waals surface area contributed by atoms with Gasteiger partial charge >= 0.3 is 5.69 Å². The van der Waals surface area contributed by atoms with Crippen LogP contribution >= 0.6 is 0 Å². The molecule has 2 N–H and O–H groups in total. The number of imidazole rings is 1. The Morgan fingerprint density at radius 3 is 2.57 bits per heavy atom. The molecule has 1 amide bonds. The zero-order valence-electron chi connectivity index (χ0n) is 17.3. The van der Waals surface area contributed by atoms with Crippen LogP contribution in [0.2, 0.25) is 0 Å². The van der Waals surface area contributed by atoms with E-state index < -0.39 is 0 Å². The van der Waals surface area contributed by atoms with E-state index in [1.54, 1.807) is 4.90 Å². The van der Waals surface area contributed by atoms with Crippen LogP contribution in [0.5, 0.6) is 0 Å². The highest BCUT2D eigenvalue weighted by atomic mass is 16.5. The van der Waals surface area contributed by atoms with E-state index in [4.69, 9.17) is 4.52 Å². The summed E-state index contributed by atoms with van der Waals surface area (Å²) in [5, 5.41) is 4.09. The molecule has 3 heterocycles. The maximum atomic E-state index is 12.2. The number of fused-ring (bicyclic) bond motifs is 2. The molecular weight excluding hydrogens is 380 g/mol. The number of aryl methyl sites for hydroxylation is 3. The zero-order valence-corrected chi connectivity index (χ0v) is 17.3. The third-order valence-electron chi connectivity index (χ3n) is 6.04. The van der Waals surface area contributed by atoms with Crippen LogP contribution < -0.4 is 10.6 Å². The Balaban J connectivity index is 1.86. The molecule has 1 aliphatic heterocycles. The van der Waals surface area contributed by atoms with Crippen molar-refractivity contribution in [2.75, 3.05) is 11.9 Å². The SMILES string of the molecule is Cc1ccc2c(c1-c1cc(-c3c(C)noc3C)cc3[nH]c(=O)[nH]c13)CCC(=O)N2C. The smallest absolute Gasteiger partial charge is 0.323 e. The minimum atomic E-state index is -0.253. The second kappa shape index (κ2) is 6.45. The van der Waals surface area contributed by atoms with E-state index in [1.807, 2.05) is 39.1 Å². The lowest BCUT2D eigenvalue weighted by molar-refractivity contribution is -0.118. The average molecular weight is 402 g/mol. The van der Waals surface area contributed by atoms with Crippen LogP contribution in [0.15, 0.2) is 33.6 Å². The molecule has 2 aromatic heterocycles. The molecule has 5 rings (SSSR count). The number of carbonyl (C=O) groups excluding carboxylic acids is 1. The van der Waals surface area contributed by atoms with Crippen molar-refractivity contribution in [2.24, 2.45) is 0 Å². The van der Waals surface area contributed by atoms with Crippen molar-refractivity contribution >= 4 is 22.6 Å². The predicted molar refractivity (Wildman–Crippen MR) is 116 cm³/mol. The number of carbonyl (C=O) groups is 1. The molecule has 0 saturated heterocycles. The Morgan fingerprint density at radius 1 is 1.03 bits per heavy atom. The Bertz CT molecular complexity index is 1370. The summed E-state index contributed by atoms with van der Waals surface area (Å²) in [5.41, 5.74) is 9.00. The maximum Gasteiger partial charge on any atom is 0.323 e. The Morgan fingerprint density at radius 2 is 1.83 bits per heavy atom. The summed E-state index contributed by atoms with van der Waals surface area (Å²) in [6.45, 7) is 5.85. The third-order valence-corrected chi connectivity index (χ3v) is 6.04. The van der Waals surface area contributed by atoms with Crippen LogP contribution in [0.25, 0.3) is 33.3 Å². The van der Waals surface area contributed by atoms with Gasteiger partial charge in [0.15, 0.2) is 0 Å². The number of amides is 1. The number of H-pyrrole nitrogens is 2. The lowest BCUT2D eigenvalue weighted by Gasteiger charge is -2.29. The van der Waals surface area contributed by atoms with Gasteiger partial charge in [-0.1, -0.05) is 11.2 Å². The van der Waals surface area contributed by atoms with Crippen LogP contribution in [0, 0.1) is 20.8 Å². The topological polar surface area (TPSA) is 95.0 Å². The zero-order chi connectivity index (χ0) is 21.2. The van der Waals surface area contributed by atoms with E-state index in [-0.39, 0.29) is 11.6 Å². The van der Waals surface area contributed by atoms with Gasteiger partial charge in [-0.15, -0.1) is 0 Å². The monoisotopic (exact) mass is 402 g/mol. The van der Waals surface area contributed by atoms with Crippen molar-refractivity contribution in [3.63, 3.8) is 0 Å². The fraction of sp³-hybridized carbons (Fsp3) is 0.261. The summed E-state index contributed by atoms with van der Waals surface area (Å²) < 4.78 is 5.38. The van der Waals surface area contributed by atoms with E-state index in [0.717, 1.165) is 61.6 Å². The van der Waals surface area contributed by atoms with Gasteiger partial charge in [-0.2, -0.15) is 0 Å². The molecule has 0 unspecified atom stereocenters. The lowest BCUT2D eigenvalue weighted by atomic mass is 9.87. The highest BCUT2D eigenvalue weighted by Crippen LogP contribution is 2.42. The minimum absolute atomic E-state index is 0.113. The standard InChI is InChI=1S/C23H22N4O3/c1-11-5-7-18-15(6-8-19(28)27(18)4)20(11)16-9-14(21-12(2)26-30-13(21)3)10-17-22(16)25-23(29)24-17/h5,7,9-10H,6,8H2,1-4H3,(H2,24,25,29). The number of hydrogen-bond donors (Lipinski definition) is 2. The van der Waals surface area contributed by atoms with Gasteiger partial charge in [-0.3, -0.25) is 4.79 Å². The first kappa shape index (κ1) is 18.4. The number of nitrogens with one attached hydrogen (secondary N) is 2. The van der Waals surface area contributed by atoms with Gasteiger partial charge < -0.3 is 19.4 Å². The number of aromatic nitrogens is 3. The number of hydrogen-bond acceptors (Lipinski definition) is 4. The summed E-state index contributed by atoms with van der Waals surface area (Å²) >= 11 is 0. The van der Waals surface area contributed by atoms with E-state index in [2.05, 4.69) is 28.1 Å². The number of anilines is 1. The second-order valence-corrected chi connectivity index (χ2v) is 7.93. The van der Waals surface area contributed by atoms with Gasteiger partial charge in [-0.25, -0.2) is 4.79 Å². The van der Waals surface area contributed by atoms with Crippen molar-refractivity contribution in [3.8, 4) is 22.3 Å². The molecule has 152 valence electrons. The Kier molecular flexibility index (Phi) is 3.96. The first-order chi connectivity index (χ1) is 14.3. The fourth-order valence-electron chi connectivity index (χ4n) is 4.61. The molecule has 0 radical (unpaired) electrons. The lowest BCUT2D eigenvalue weighted by Crippen LogP contribution is -2.31. The summed E-state index contributed by atoms with van der Waals surface area (Å²) in [7, 11) is 1.81. The average Bonchev–Trinajstić information content (AvgIpc) is 3.25. The van der Waals surface area contributed by atoms with Crippen molar-refractivity contribution < 1.29 is 9.32 Å². The summed E-state index contributed by atoms with van der Waals surface area (Å²) in [4.78, 5) is 32.0. The molecule has 0 spiro atoms. The van der Waals surface area contributed by atoms with Crippen molar-refractivity contribution in [1.82, 2.24) is 15.1 Å². The first-order valence-electron chi connectivity index (χ1n) is 9.94. The number of nitrogens with zero attached hydrogens (tertiary/aromatic N) is 2. The minimum Gasteiger partial charge on any atom is -0.361 e. The van der Waals surface area contributed by atoms with Crippen LogP contribution in [0.1, 0.15) is 29.0 Å². The number of benzene rings is 2. The van der Waals surface area contributed by atoms with Gasteiger partial charge in [0.1, 0.15) is 5.76 Å². The second-order valence-electron chi connectivity index (χ2n) is 7.93. The molecule has 2 aromatic carbocycles. The molecule has 0 fully saturated rings. The largest absolute Gasteiger partial charge is 0.361 e. The van der Waals surface area contributed by atoms with Crippen LogP contribution in [0.3, 0.4) is 0 Å². The third kappa shape index (κ3) is 2.62. The van der Waals surface area contributed by atoms with Gasteiger partial charge in [0.25, 0.3) is 0 Å². The van der Waals surface area contributed by atoms with Crippen molar-refractivity contribution in [3.05, 3.63) is 57.3 Å². The van der Waals surface area contributed by atoms with Crippen LogP contribution in [-0.4, -0.2) is 28.1 Å². The summed E-state index contributed by atoms with van der Waals surface area (Å²) in [6, 6.07) is 8.06. The maximum absolute atomic E-state index is 12.2. The van der Waals surface area contributed by atoms with E-state index in [9.17, 15) is 9.59 Å². The molecule has 0 atom stereocenters. The van der Waals surface area contributed by atoms with Gasteiger partial charge in [0.2, 0.25) is 5.91 Å². The number of rotatable bonds is 2. The summed E-state index contributed by atoms with van der Waals surface area (Å²) in [6.07, 6.45) is 1.14. The quantitative estimate of drug-likeness (QED) is 0.530. The van der Waals surface area contributed by atoms with E-state index in [1.165, 1.54) is 0 Å². The summed E-state index contributed by atoms with van der Waals surface area (Å²) in [5.74, 6) is 0.842. The van der Waals surface area contributed by atoms with Crippen molar-refractivity contribution in [1.29, 1.82) is 0 Å². The van der Waals surface area contributed by atoms with Gasteiger partial charge in [0, 0.05) is 30.3 Å². The van der Waals surface area contributed by atoms with Crippen molar-refractivity contribution in [2.45, 2.75) is 33.6 Å². The first-order valence-corrected chi connectivity index (χ1v) is 9.94. The molecule has 0 saturated carbocycles. The molecule has 4 aromatic rings. The van der Waals surface area contributed by atoms with Crippen LogP contribution in [-0.2, 0) is 11.2 Å². The highest BCUT2D eigenvalue weighted by molar-refractivity contribution is 6.02. The van der Waals surface area contributed by atoms with Gasteiger partial charge in [-0.05, 0) is 67.6 Å². The molecular formula is C23H22N4O3. The molecule has 0 aliphatic carbocycles. The molecule has 7 nitrogen and oxygen atoms in total. The molecule has 1 aliphatic rings. The predicted octanol–water partition coefficient (Wildman–Crippen LogP) is 4.01. The Labute approximate surface area is 172 Å². The molecule has 7 heteroatoms. The molecule has 30 heavy (non-hydrogen) atoms. The van der Waals surface area contributed by atoms with Crippen LogP contribution in [0.4, 0.5) is 5.69 Å². The molecule has 0 bridgehead atoms. The fourth-order valence-corrected chi connectivity index (χ4v) is 4.61. The van der Waals surface area contributed by atoms with E-state index in [0.29, 0.717) is 12.8 Å².